The Morgan fingerprint density at radius 3 is 2.91 bits per heavy atom. The van der Waals surface area contributed by atoms with E-state index in [1.807, 2.05) is 30.3 Å². The normalized spacial score (nSPS) is 11.1. The first-order valence-corrected chi connectivity index (χ1v) is 7.18. The van der Waals surface area contributed by atoms with Crippen LogP contribution < -0.4 is 5.73 Å². The van der Waals surface area contributed by atoms with Crippen LogP contribution in [0.1, 0.15) is 5.69 Å². The SMILES string of the molecule is Nc1ncnn2c(CC=O)cc(-c3cnc4ccccc4c3)c12. The number of fused-ring (bicyclic) bond motifs is 2. The van der Waals surface area contributed by atoms with Crippen molar-refractivity contribution >= 4 is 28.5 Å². The van der Waals surface area contributed by atoms with Gasteiger partial charge < -0.3 is 10.5 Å². The number of nitrogens with zero attached hydrogens (tertiary/aromatic N) is 4. The zero-order valence-corrected chi connectivity index (χ0v) is 12.2. The van der Waals surface area contributed by atoms with E-state index in [0.29, 0.717) is 11.3 Å². The number of carbonyl (C=O) groups is 1. The smallest absolute Gasteiger partial charge is 0.151 e. The van der Waals surface area contributed by atoms with E-state index in [0.717, 1.165) is 34.0 Å². The lowest BCUT2D eigenvalue weighted by Crippen LogP contribution is -2.02. The molecule has 0 amide bonds. The zero-order chi connectivity index (χ0) is 15.8. The van der Waals surface area contributed by atoms with Gasteiger partial charge in [-0.25, -0.2) is 9.50 Å². The number of pyridine rings is 1. The van der Waals surface area contributed by atoms with Crippen molar-refractivity contribution in [1.29, 1.82) is 0 Å². The molecule has 6 heteroatoms. The highest BCUT2D eigenvalue weighted by atomic mass is 16.1. The Bertz CT molecular complexity index is 1040. The number of para-hydroxylation sites is 1. The van der Waals surface area contributed by atoms with Crippen molar-refractivity contribution in [2.45, 2.75) is 6.42 Å². The molecule has 0 aliphatic carbocycles. The molecule has 0 bridgehead atoms. The van der Waals surface area contributed by atoms with E-state index in [4.69, 9.17) is 5.73 Å². The molecule has 3 aromatic heterocycles. The maximum Gasteiger partial charge on any atom is 0.151 e. The van der Waals surface area contributed by atoms with Crippen molar-refractivity contribution in [3.8, 4) is 11.1 Å². The van der Waals surface area contributed by atoms with Gasteiger partial charge in [0.1, 0.15) is 18.1 Å². The summed E-state index contributed by atoms with van der Waals surface area (Å²) in [4.78, 5) is 19.5. The van der Waals surface area contributed by atoms with Gasteiger partial charge >= 0.3 is 0 Å². The second-order valence-electron chi connectivity index (χ2n) is 5.24. The fourth-order valence-electron chi connectivity index (χ4n) is 2.80. The van der Waals surface area contributed by atoms with Gasteiger partial charge in [-0.3, -0.25) is 4.98 Å². The fourth-order valence-corrected chi connectivity index (χ4v) is 2.80. The van der Waals surface area contributed by atoms with E-state index < -0.39 is 0 Å². The first kappa shape index (κ1) is 13.4. The Balaban J connectivity index is 2.01. The fraction of sp³-hybridized carbons (Fsp3) is 0.0588. The number of benzene rings is 1. The summed E-state index contributed by atoms with van der Waals surface area (Å²) in [6, 6.07) is 11.9. The molecule has 23 heavy (non-hydrogen) atoms. The van der Waals surface area contributed by atoms with Gasteiger partial charge in [0.2, 0.25) is 0 Å². The van der Waals surface area contributed by atoms with Crippen molar-refractivity contribution < 1.29 is 4.79 Å². The van der Waals surface area contributed by atoms with Crippen LogP contribution in [-0.4, -0.2) is 25.9 Å². The molecule has 0 radical (unpaired) electrons. The Morgan fingerprint density at radius 1 is 1.17 bits per heavy atom. The standard InChI is InChI=1S/C17H13N5O/c18-17-16-14(8-13(5-6-23)22(16)21-10-20-17)12-7-11-3-1-2-4-15(11)19-9-12/h1-4,6-10H,5H2,(H2,18,20,21). The maximum atomic E-state index is 10.9. The Hall–Kier alpha value is -3.28. The number of carbonyl (C=O) groups excluding carboxylic acids is 1. The zero-order valence-electron chi connectivity index (χ0n) is 12.2. The summed E-state index contributed by atoms with van der Waals surface area (Å²) in [6.45, 7) is 0. The molecule has 2 N–H and O–H groups in total. The average molecular weight is 303 g/mol. The van der Waals surface area contributed by atoms with E-state index >= 15 is 0 Å². The van der Waals surface area contributed by atoms with Crippen LogP contribution in [-0.2, 0) is 11.2 Å². The molecule has 0 aliphatic rings. The van der Waals surface area contributed by atoms with Gasteiger partial charge in [0.05, 0.1) is 11.2 Å². The molecule has 3 heterocycles. The molecule has 0 fully saturated rings. The second kappa shape index (κ2) is 5.17. The van der Waals surface area contributed by atoms with E-state index in [1.54, 1.807) is 10.7 Å². The van der Waals surface area contributed by atoms with Gasteiger partial charge in [-0.1, -0.05) is 18.2 Å². The second-order valence-corrected chi connectivity index (χ2v) is 5.24. The summed E-state index contributed by atoms with van der Waals surface area (Å²) in [7, 11) is 0. The van der Waals surface area contributed by atoms with Gasteiger partial charge in [0, 0.05) is 29.1 Å². The highest BCUT2D eigenvalue weighted by molar-refractivity contribution is 5.92. The van der Waals surface area contributed by atoms with Crippen molar-refractivity contribution in [2.24, 2.45) is 0 Å². The van der Waals surface area contributed by atoms with Crippen LogP contribution >= 0.6 is 0 Å². The van der Waals surface area contributed by atoms with Crippen molar-refractivity contribution in [2.75, 3.05) is 5.73 Å². The number of nitrogen functional groups attached to an aromatic ring is 1. The van der Waals surface area contributed by atoms with Crippen LogP contribution in [0.25, 0.3) is 27.5 Å². The van der Waals surface area contributed by atoms with Crippen molar-refractivity contribution in [1.82, 2.24) is 19.6 Å². The van der Waals surface area contributed by atoms with Crippen molar-refractivity contribution in [3.05, 3.63) is 54.6 Å². The molecular weight excluding hydrogens is 290 g/mol. The topological polar surface area (TPSA) is 86.2 Å². The van der Waals surface area contributed by atoms with Crippen LogP contribution in [0.3, 0.4) is 0 Å². The van der Waals surface area contributed by atoms with Gasteiger partial charge in [0.15, 0.2) is 5.82 Å². The maximum absolute atomic E-state index is 10.9. The lowest BCUT2D eigenvalue weighted by atomic mass is 10.1. The van der Waals surface area contributed by atoms with Crippen molar-refractivity contribution in [3.63, 3.8) is 0 Å². The first-order chi connectivity index (χ1) is 11.3. The molecule has 0 unspecified atom stereocenters. The Labute approximate surface area is 131 Å². The Kier molecular flexibility index (Phi) is 3.01. The highest BCUT2D eigenvalue weighted by Crippen LogP contribution is 2.31. The van der Waals surface area contributed by atoms with E-state index in [2.05, 4.69) is 21.1 Å². The summed E-state index contributed by atoms with van der Waals surface area (Å²) < 4.78 is 1.67. The van der Waals surface area contributed by atoms with Gasteiger partial charge in [0.25, 0.3) is 0 Å². The van der Waals surface area contributed by atoms with E-state index in [1.165, 1.54) is 6.33 Å². The molecule has 6 nitrogen and oxygen atoms in total. The Morgan fingerprint density at radius 2 is 2.04 bits per heavy atom. The average Bonchev–Trinajstić information content (AvgIpc) is 2.95. The summed E-state index contributed by atoms with van der Waals surface area (Å²) in [5.41, 5.74) is 10.2. The molecule has 0 spiro atoms. The first-order valence-electron chi connectivity index (χ1n) is 7.18. The lowest BCUT2D eigenvalue weighted by Gasteiger charge is -2.04. The quantitative estimate of drug-likeness (QED) is 0.587. The summed E-state index contributed by atoms with van der Waals surface area (Å²) in [5.74, 6) is 0.375. The number of aromatic nitrogens is 4. The summed E-state index contributed by atoms with van der Waals surface area (Å²) >= 11 is 0. The third kappa shape index (κ3) is 2.12. The van der Waals surface area contributed by atoms with Crippen LogP contribution in [0.4, 0.5) is 5.82 Å². The number of hydrogen-bond donors (Lipinski definition) is 1. The summed E-state index contributed by atoms with van der Waals surface area (Å²) in [6.07, 6.45) is 4.30. The van der Waals surface area contributed by atoms with Crippen LogP contribution in [0.2, 0.25) is 0 Å². The lowest BCUT2D eigenvalue weighted by molar-refractivity contribution is -0.107. The molecule has 0 saturated carbocycles. The number of rotatable bonds is 3. The molecule has 4 rings (SSSR count). The molecule has 0 aliphatic heterocycles. The molecule has 112 valence electrons. The van der Waals surface area contributed by atoms with Gasteiger partial charge in [-0.2, -0.15) is 5.10 Å². The third-order valence-electron chi connectivity index (χ3n) is 3.85. The van der Waals surface area contributed by atoms with Gasteiger partial charge in [-0.15, -0.1) is 0 Å². The van der Waals surface area contributed by atoms with Crippen LogP contribution in [0, 0.1) is 0 Å². The predicted octanol–water partition coefficient (Wildman–Crippen LogP) is 2.27. The minimum atomic E-state index is 0.263. The van der Waals surface area contributed by atoms with Gasteiger partial charge in [-0.05, 0) is 18.2 Å². The predicted molar refractivity (Wildman–Crippen MR) is 87.9 cm³/mol. The summed E-state index contributed by atoms with van der Waals surface area (Å²) in [5, 5.41) is 5.25. The van der Waals surface area contributed by atoms with E-state index in [9.17, 15) is 4.79 Å². The third-order valence-corrected chi connectivity index (χ3v) is 3.85. The number of anilines is 1. The number of hydrogen-bond acceptors (Lipinski definition) is 5. The molecule has 0 atom stereocenters. The van der Waals surface area contributed by atoms with E-state index in [-0.39, 0.29) is 6.42 Å². The molecule has 0 saturated heterocycles. The molecule has 4 aromatic rings. The molecular formula is C17H13N5O. The highest BCUT2D eigenvalue weighted by Gasteiger charge is 2.15. The molecule has 1 aromatic carbocycles. The number of nitrogens with two attached hydrogens (primary N) is 1. The van der Waals surface area contributed by atoms with Crippen LogP contribution in [0.5, 0.6) is 0 Å². The number of aldehydes is 1. The monoisotopic (exact) mass is 303 g/mol. The largest absolute Gasteiger partial charge is 0.382 e. The minimum absolute atomic E-state index is 0.263. The minimum Gasteiger partial charge on any atom is -0.382 e. The van der Waals surface area contributed by atoms with Crippen LogP contribution in [0.15, 0.2) is 48.9 Å².